The first kappa shape index (κ1) is 35.7. The molecule has 5 aromatic heterocycles. The molecule has 0 fully saturated rings. The Morgan fingerprint density at radius 3 is 2.40 bits per heavy atom. The van der Waals surface area contributed by atoms with E-state index in [9.17, 15) is 0 Å². The van der Waals surface area contributed by atoms with Crippen LogP contribution in [0.4, 0.5) is 0 Å². The second kappa shape index (κ2) is 14.2. The number of rotatable bonds is 5. The van der Waals surface area contributed by atoms with Crippen LogP contribution in [0.5, 0.6) is 0 Å². The smallest absolute Gasteiger partial charge is 0.216 e. The zero-order valence-corrected chi connectivity index (χ0v) is 34.3. The molecular formula is C42H41GeIrN5O-2. The van der Waals surface area contributed by atoms with E-state index in [0.29, 0.717) is 11.6 Å². The first-order valence-corrected chi connectivity index (χ1v) is 24.2. The monoisotopic (exact) mass is 898 g/mol. The summed E-state index contributed by atoms with van der Waals surface area (Å²) in [6.45, 7) is 8.67. The third-order valence-electron chi connectivity index (χ3n) is 8.94. The molecule has 0 atom stereocenters. The summed E-state index contributed by atoms with van der Waals surface area (Å²) in [6, 6.07) is 31.3. The number of fused-ring (bicyclic) bond motifs is 6. The summed E-state index contributed by atoms with van der Waals surface area (Å²) in [5.74, 6) is 8.81. The number of nitrogens with zero attached hydrogens (tertiary/aromatic N) is 5. The van der Waals surface area contributed by atoms with E-state index in [0.717, 1.165) is 73.1 Å². The number of aromatic nitrogens is 5. The van der Waals surface area contributed by atoms with Crippen molar-refractivity contribution in [3.8, 4) is 22.6 Å². The molecule has 0 saturated carbocycles. The predicted molar refractivity (Wildman–Crippen MR) is 205 cm³/mol. The first-order valence-electron chi connectivity index (χ1n) is 16.9. The maximum atomic E-state index is 6.08. The van der Waals surface area contributed by atoms with Crippen LogP contribution in [0.15, 0.2) is 89.6 Å². The molecule has 8 aromatic rings. The minimum atomic E-state index is -1.87. The van der Waals surface area contributed by atoms with Crippen molar-refractivity contribution in [1.29, 1.82) is 0 Å². The molecule has 0 saturated heterocycles. The molecule has 0 amide bonds. The Balaban J connectivity index is 0.000000177. The van der Waals surface area contributed by atoms with Crippen LogP contribution in [0, 0.1) is 31.9 Å². The molecule has 0 N–H and O–H groups in total. The van der Waals surface area contributed by atoms with E-state index in [1.165, 1.54) is 11.1 Å². The largest absolute Gasteiger partial charge is 0.486 e. The normalized spacial score (nSPS) is 11.7. The fraction of sp³-hybridized carbons (Fsp3) is 0.238. The van der Waals surface area contributed by atoms with Crippen LogP contribution in [0.3, 0.4) is 0 Å². The number of aryl methyl sites for hydroxylation is 3. The van der Waals surface area contributed by atoms with Gasteiger partial charge in [-0.3, -0.25) is 9.97 Å². The predicted octanol–water partition coefficient (Wildman–Crippen LogP) is 9.79. The average Bonchev–Trinajstić information content (AvgIpc) is 3.62. The molecule has 0 unspecified atom stereocenters. The van der Waals surface area contributed by atoms with E-state index >= 15 is 0 Å². The van der Waals surface area contributed by atoms with Crippen LogP contribution >= 0.6 is 0 Å². The number of imidazole rings is 1. The van der Waals surface area contributed by atoms with Gasteiger partial charge in [0, 0.05) is 49.8 Å². The van der Waals surface area contributed by atoms with Gasteiger partial charge >= 0.3 is 132 Å². The molecule has 0 aliphatic heterocycles. The maximum absolute atomic E-state index is 6.08. The Bertz CT molecular complexity index is 2470. The molecule has 50 heavy (non-hydrogen) atoms. The number of hydrogen-bond acceptors (Lipinski definition) is 5. The molecule has 6 nitrogen and oxygen atoms in total. The van der Waals surface area contributed by atoms with Crippen molar-refractivity contribution in [3.05, 3.63) is 114 Å². The number of benzene rings is 3. The molecule has 255 valence electrons. The van der Waals surface area contributed by atoms with Crippen LogP contribution in [-0.2, 0) is 33.6 Å². The zero-order chi connectivity index (χ0) is 34.4. The summed E-state index contributed by atoms with van der Waals surface area (Å²) in [5, 5.41) is 3.10. The molecule has 0 spiro atoms. The van der Waals surface area contributed by atoms with Crippen LogP contribution in [0.2, 0.25) is 17.3 Å². The van der Waals surface area contributed by atoms with Gasteiger partial charge in [-0.1, -0.05) is 10.9 Å². The molecule has 5 heterocycles. The number of pyridine rings is 3. The van der Waals surface area contributed by atoms with Gasteiger partial charge in [0.05, 0.1) is 28.0 Å². The molecule has 1 radical (unpaired) electrons. The molecule has 8 rings (SSSR count). The second-order valence-corrected chi connectivity index (χ2v) is 24.9. The summed E-state index contributed by atoms with van der Waals surface area (Å²) in [4.78, 5) is 18.6. The van der Waals surface area contributed by atoms with E-state index in [2.05, 4.69) is 95.2 Å². The van der Waals surface area contributed by atoms with Crippen molar-refractivity contribution in [2.75, 3.05) is 0 Å². The van der Waals surface area contributed by atoms with Crippen molar-refractivity contribution in [3.63, 3.8) is 0 Å². The summed E-state index contributed by atoms with van der Waals surface area (Å²) < 4.78 is 9.72. The fourth-order valence-electron chi connectivity index (χ4n) is 6.57. The van der Waals surface area contributed by atoms with E-state index in [1.54, 1.807) is 10.6 Å². The van der Waals surface area contributed by atoms with Crippen LogP contribution in [0.25, 0.3) is 66.7 Å². The molecule has 0 aliphatic rings. The van der Waals surface area contributed by atoms with Crippen molar-refractivity contribution >= 4 is 61.7 Å². The van der Waals surface area contributed by atoms with Crippen molar-refractivity contribution < 1.29 is 24.5 Å². The minimum absolute atomic E-state index is 0. The fourth-order valence-corrected chi connectivity index (χ4v) is 9.91. The van der Waals surface area contributed by atoms with Gasteiger partial charge in [-0.05, 0) is 43.3 Å². The summed E-state index contributed by atoms with van der Waals surface area (Å²) in [6.07, 6.45) is 5.02. The van der Waals surface area contributed by atoms with Gasteiger partial charge in [0.15, 0.2) is 0 Å². The Hall–Kier alpha value is -4.17. The number of hydrogen-bond donors (Lipinski definition) is 0. The second-order valence-electron chi connectivity index (χ2n) is 14.4. The van der Waals surface area contributed by atoms with Gasteiger partial charge in [-0.15, -0.1) is 18.2 Å². The van der Waals surface area contributed by atoms with E-state index in [4.69, 9.17) is 14.4 Å². The van der Waals surface area contributed by atoms with Crippen LogP contribution in [-0.4, -0.2) is 37.8 Å². The van der Waals surface area contributed by atoms with E-state index in [1.807, 2.05) is 62.5 Å². The quantitative estimate of drug-likeness (QED) is 0.127. The van der Waals surface area contributed by atoms with Gasteiger partial charge < -0.3 is 8.98 Å². The Morgan fingerprint density at radius 1 is 0.860 bits per heavy atom. The Morgan fingerprint density at radius 2 is 1.66 bits per heavy atom. The standard InChI is InChI=1S/C23H15N4O.C19H26GeN.Ir/c1-13-8-9-16-18(25-13)10-11-19-20(16)27(2)22(26-19)17-6-3-5-14-15-7-4-12-24-23(15)28-21(14)17;1-14(2)11-17-12-19(16-9-7-15(3)8-10-16)21-13-18(17)20(4,5)6;/h3-5,7-12H,1-2H3;7-9,12-14H,11H2,1-6H3;/q2*-1;. The van der Waals surface area contributed by atoms with Crippen molar-refractivity contribution in [1.82, 2.24) is 24.5 Å². The van der Waals surface area contributed by atoms with Crippen LogP contribution in [0.1, 0.15) is 30.7 Å². The summed E-state index contributed by atoms with van der Waals surface area (Å²) in [5.41, 5.74) is 11.1. The maximum Gasteiger partial charge on any atom is 0.216 e. The molecular weight excluding hydrogens is 855 g/mol. The van der Waals surface area contributed by atoms with Gasteiger partial charge in [0.2, 0.25) is 5.71 Å². The molecule has 8 heteroatoms. The van der Waals surface area contributed by atoms with Gasteiger partial charge in [0.25, 0.3) is 0 Å². The SMILES string of the molecule is Cc1c[c-]c(-c2cc(CC(C)C)[c]([Ge]([CH3])([CH3])[CH3])cn2)cc1.Cc1ccc2c(ccc3nc(-c4[c-]ccc5c4oc4ncccc45)n(C)c32)n1.[Ir]. The third kappa shape index (κ3) is 6.92. The first-order chi connectivity index (χ1) is 23.5. The minimum Gasteiger partial charge on any atom is -0.486 e. The van der Waals surface area contributed by atoms with Crippen molar-refractivity contribution in [2.24, 2.45) is 13.0 Å². The van der Waals surface area contributed by atoms with Crippen molar-refractivity contribution in [2.45, 2.75) is 51.4 Å². The Kier molecular flexibility index (Phi) is 10.1. The van der Waals surface area contributed by atoms with E-state index in [-0.39, 0.29) is 20.1 Å². The molecule has 0 aliphatic carbocycles. The van der Waals surface area contributed by atoms with Gasteiger partial charge in [-0.25, -0.2) is 4.98 Å². The topological polar surface area (TPSA) is 69.6 Å². The average molecular weight is 897 g/mol. The third-order valence-corrected chi connectivity index (χ3v) is 13.3. The summed E-state index contributed by atoms with van der Waals surface area (Å²) in [7, 11) is 2.03. The van der Waals surface area contributed by atoms with E-state index < -0.39 is 13.3 Å². The van der Waals surface area contributed by atoms with Crippen LogP contribution < -0.4 is 4.40 Å². The summed E-state index contributed by atoms with van der Waals surface area (Å²) >= 11 is -1.87. The zero-order valence-electron chi connectivity index (χ0n) is 29.8. The number of furan rings is 1. The Labute approximate surface area is 310 Å². The molecule has 0 bridgehead atoms. The van der Waals surface area contributed by atoms with Gasteiger partial charge in [-0.2, -0.15) is 0 Å². The molecule has 3 aromatic carbocycles. The van der Waals surface area contributed by atoms with Gasteiger partial charge in [0.1, 0.15) is 0 Å².